The number of nitrogens with two attached hydrogens (primary N) is 1. The number of aromatic nitrogens is 1. The Kier molecular flexibility index (Phi) is 3.51. The first-order valence-electron chi connectivity index (χ1n) is 7.21. The Morgan fingerprint density at radius 3 is 2.95 bits per heavy atom. The maximum atomic E-state index is 8.00. The van der Waals surface area contributed by atoms with Gasteiger partial charge in [0, 0.05) is 36.2 Å². The van der Waals surface area contributed by atoms with Gasteiger partial charge in [-0.15, -0.1) is 0 Å². The van der Waals surface area contributed by atoms with Crippen molar-refractivity contribution in [1.82, 2.24) is 9.88 Å². The normalized spacial score (nSPS) is 15.0. The number of nitrogens with one attached hydrogen (secondary N) is 1. The lowest BCUT2D eigenvalue weighted by Crippen LogP contribution is -2.33. The lowest BCUT2D eigenvalue weighted by molar-refractivity contribution is 0.266. The number of nitrogens with zero attached hydrogens (tertiary/aromatic N) is 2. The van der Waals surface area contributed by atoms with Crippen molar-refractivity contribution in [3.63, 3.8) is 0 Å². The van der Waals surface area contributed by atoms with Crippen LogP contribution >= 0.6 is 0 Å². The molecule has 0 unspecified atom stereocenters. The Morgan fingerprint density at radius 2 is 2.29 bits per heavy atom. The van der Waals surface area contributed by atoms with Crippen LogP contribution in [0.25, 0.3) is 10.9 Å². The Morgan fingerprint density at radius 1 is 1.48 bits per heavy atom. The second kappa shape index (κ2) is 5.33. The molecule has 5 nitrogen and oxygen atoms in total. The molecule has 1 aromatic heterocycles. The molecule has 3 N–H and O–H groups in total. The molecule has 110 valence electrons. The first kappa shape index (κ1) is 13.8. The average Bonchev–Trinajstić information content (AvgIpc) is 2.51. The van der Waals surface area contributed by atoms with Crippen LogP contribution in [0.4, 0.5) is 0 Å². The van der Waals surface area contributed by atoms with Crippen LogP contribution in [-0.4, -0.2) is 35.9 Å². The molecule has 1 aromatic carbocycles. The van der Waals surface area contributed by atoms with E-state index < -0.39 is 0 Å². The van der Waals surface area contributed by atoms with Gasteiger partial charge in [0.25, 0.3) is 0 Å². The molecule has 0 atom stereocenters. The van der Waals surface area contributed by atoms with Crippen molar-refractivity contribution < 1.29 is 4.74 Å². The molecule has 0 bridgehead atoms. The largest absolute Gasteiger partial charge is 0.494 e. The van der Waals surface area contributed by atoms with Crippen molar-refractivity contribution in [2.45, 2.75) is 19.9 Å². The van der Waals surface area contributed by atoms with E-state index in [0.717, 1.165) is 59.5 Å². The van der Waals surface area contributed by atoms with E-state index in [0.29, 0.717) is 0 Å². The highest BCUT2D eigenvalue weighted by molar-refractivity contribution is 6.09. The van der Waals surface area contributed by atoms with Gasteiger partial charge in [0.05, 0.1) is 7.11 Å². The number of rotatable bonds is 3. The fourth-order valence-corrected chi connectivity index (χ4v) is 3.03. The van der Waals surface area contributed by atoms with Crippen LogP contribution < -0.4 is 10.5 Å². The van der Waals surface area contributed by atoms with Crippen molar-refractivity contribution in [3.8, 4) is 5.75 Å². The number of methoxy groups -OCH3 is 1. The molecule has 0 amide bonds. The number of ether oxygens (including phenoxy) is 1. The summed E-state index contributed by atoms with van der Waals surface area (Å²) in [6.45, 7) is 4.94. The Balaban J connectivity index is 2.31. The fraction of sp³-hybridized carbons (Fsp3) is 0.375. The van der Waals surface area contributed by atoms with Crippen molar-refractivity contribution in [2.75, 3.05) is 20.2 Å². The van der Waals surface area contributed by atoms with Gasteiger partial charge in [-0.25, -0.2) is 4.98 Å². The fourth-order valence-electron chi connectivity index (χ4n) is 3.03. The molecule has 0 saturated heterocycles. The van der Waals surface area contributed by atoms with E-state index in [2.05, 4.69) is 11.8 Å². The van der Waals surface area contributed by atoms with Crippen molar-refractivity contribution >= 4 is 16.7 Å². The predicted octanol–water partition coefficient (Wildman–Crippen LogP) is 1.91. The summed E-state index contributed by atoms with van der Waals surface area (Å²) in [6, 6.07) is 5.78. The van der Waals surface area contributed by atoms with E-state index in [9.17, 15) is 0 Å². The SMILES string of the molecule is CCN1CCc2nc3c(OC)cccc3c(C(=N)N)c2C1. The van der Waals surface area contributed by atoms with E-state index in [-0.39, 0.29) is 5.84 Å². The van der Waals surface area contributed by atoms with E-state index >= 15 is 0 Å². The van der Waals surface area contributed by atoms with Gasteiger partial charge in [-0.3, -0.25) is 10.3 Å². The summed E-state index contributed by atoms with van der Waals surface area (Å²) in [5, 5.41) is 8.90. The number of benzene rings is 1. The highest BCUT2D eigenvalue weighted by atomic mass is 16.5. The summed E-state index contributed by atoms with van der Waals surface area (Å²) in [4.78, 5) is 7.14. The van der Waals surface area contributed by atoms with E-state index in [4.69, 9.17) is 20.9 Å². The van der Waals surface area contributed by atoms with Gasteiger partial charge in [-0.2, -0.15) is 0 Å². The maximum absolute atomic E-state index is 8.00. The summed E-state index contributed by atoms with van der Waals surface area (Å²) in [5.41, 5.74) is 9.63. The molecule has 0 fully saturated rings. The minimum absolute atomic E-state index is 0.102. The summed E-state index contributed by atoms with van der Waals surface area (Å²) in [6.07, 6.45) is 0.886. The topological polar surface area (TPSA) is 75.2 Å². The summed E-state index contributed by atoms with van der Waals surface area (Å²) >= 11 is 0. The van der Waals surface area contributed by atoms with Gasteiger partial charge in [0.1, 0.15) is 17.1 Å². The van der Waals surface area contributed by atoms with Crippen LogP contribution in [0, 0.1) is 5.41 Å². The molecule has 21 heavy (non-hydrogen) atoms. The number of pyridine rings is 1. The Labute approximate surface area is 124 Å². The van der Waals surface area contributed by atoms with Crippen LogP contribution in [0.3, 0.4) is 0 Å². The van der Waals surface area contributed by atoms with Gasteiger partial charge >= 0.3 is 0 Å². The van der Waals surface area contributed by atoms with Crippen LogP contribution in [0.15, 0.2) is 18.2 Å². The molecule has 0 saturated carbocycles. The van der Waals surface area contributed by atoms with E-state index in [1.54, 1.807) is 7.11 Å². The molecular formula is C16H20N4O. The molecule has 2 aromatic rings. The van der Waals surface area contributed by atoms with Crippen molar-refractivity contribution in [1.29, 1.82) is 5.41 Å². The van der Waals surface area contributed by atoms with Crippen LogP contribution in [0.5, 0.6) is 5.75 Å². The maximum Gasteiger partial charge on any atom is 0.145 e. The third kappa shape index (κ3) is 2.23. The molecule has 1 aliphatic rings. The minimum Gasteiger partial charge on any atom is -0.494 e. The lowest BCUT2D eigenvalue weighted by Gasteiger charge is -2.29. The van der Waals surface area contributed by atoms with Crippen LogP contribution in [0.1, 0.15) is 23.7 Å². The number of fused-ring (bicyclic) bond motifs is 2. The zero-order valence-electron chi connectivity index (χ0n) is 12.4. The number of likely N-dealkylation sites (N-methyl/N-ethyl adjacent to an activating group) is 1. The average molecular weight is 284 g/mol. The molecule has 0 spiro atoms. The second-order valence-electron chi connectivity index (χ2n) is 5.30. The predicted molar refractivity (Wildman–Crippen MR) is 84.0 cm³/mol. The molecule has 1 aliphatic heterocycles. The molecule has 0 aliphatic carbocycles. The monoisotopic (exact) mass is 284 g/mol. The summed E-state index contributed by atoms with van der Waals surface area (Å²) in [7, 11) is 1.64. The first-order chi connectivity index (χ1) is 10.2. The quantitative estimate of drug-likeness (QED) is 0.667. The Bertz CT molecular complexity index is 711. The summed E-state index contributed by atoms with van der Waals surface area (Å²) in [5.74, 6) is 0.834. The molecule has 0 radical (unpaired) electrons. The van der Waals surface area contributed by atoms with Crippen molar-refractivity contribution in [2.24, 2.45) is 5.73 Å². The van der Waals surface area contributed by atoms with Gasteiger partial charge in [-0.05, 0) is 18.2 Å². The molecule has 3 rings (SSSR count). The molecule has 5 heteroatoms. The van der Waals surface area contributed by atoms with Crippen molar-refractivity contribution in [3.05, 3.63) is 35.0 Å². The van der Waals surface area contributed by atoms with Gasteiger partial charge < -0.3 is 10.5 Å². The number of hydrogen-bond donors (Lipinski definition) is 2. The molecule has 2 heterocycles. The number of nitrogen functional groups attached to an aromatic ring is 1. The van der Waals surface area contributed by atoms with E-state index in [1.165, 1.54) is 0 Å². The third-order valence-corrected chi connectivity index (χ3v) is 4.15. The van der Waals surface area contributed by atoms with E-state index in [1.807, 2.05) is 18.2 Å². The lowest BCUT2D eigenvalue weighted by atomic mass is 9.95. The minimum atomic E-state index is 0.102. The van der Waals surface area contributed by atoms with Gasteiger partial charge in [0.15, 0.2) is 0 Å². The standard InChI is InChI=1S/C16H20N4O/c1-3-20-8-7-12-11(9-20)14(16(17)18)10-5-4-6-13(21-2)15(10)19-12/h4-6H,3,7-9H2,1-2H3,(H3,17,18). The molecular weight excluding hydrogens is 264 g/mol. The highest BCUT2D eigenvalue weighted by Crippen LogP contribution is 2.32. The van der Waals surface area contributed by atoms with Crippen LogP contribution in [0.2, 0.25) is 0 Å². The van der Waals surface area contributed by atoms with Gasteiger partial charge in [0.2, 0.25) is 0 Å². The zero-order valence-corrected chi connectivity index (χ0v) is 12.4. The number of amidine groups is 1. The first-order valence-corrected chi connectivity index (χ1v) is 7.21. The highest BCUT2D eigenvalue weighted by Gasteiger charge is 2.23. The number of para-hydroxylation sites is 1. The van der Waals surface area contributed by atoms with Crippen LogP contribution in [-0.2, 0) is 13.0 Å². The second-order valence-corrected chi connectivity index (χ2v) is 5.30. The smallest absolute Gasteiger partial charge is 0.145 e. The zero-order chi connectivity index (χ0) is 15.0. The van der Waals surface area contributed by atoms with Gasteiger partial charge in [-0.1, -0.05) is 19.1 Å². The number of hydrogen-bond acceptors (Lipinski definition) is 4. The summed E-state index contributed by atoms with van der Waals surface area (Å²) < 4.78 is 5.41. The Hall–Kier alpha value is -2.14. The third-order valence-electron chi connectivity index (χ3n) is 4.15.